The van der Waals surface area contributed by atoms with Gasteiger partial charge in [-0.05, 0) is 24.9 Å². The quantitative estimate of drug-likeness (QED) is 0.671. The van der Waals surface area contributed by atoms with Gasteiger partial charge in [0.2, 0.25) is 0 Å². The minimum Gasteiger partial charge on any atom is -0.395 e. The van der Waals surface area contributed by atoms with Gasteiger partial charge in [0.1, 0.15) is 0 Å². The van der Waals surface area contributed by atoms with Crippen LogP contribution in [-0.2, 0) is 0 Å². The standard InChI is InChI=1S/C17H26N2O2/c20-13-16(12-19-11-5-9-17(19)14-21)18-10-4-8-15-6-2-1-3-7-15/h1-4,6-8,16-18,20-21H,5,9-14H2. The number of nitrogens with one attached hydrogen (secondary N) is 1. The van der Waals surface area contributed by atoms with Gasteiger partial charge in [-0.1, -0.05) is 42.5 Å². The minimum atomic E-state index is 0.0533. The number of rotatable bonds is 8. The SMILES string of the molecule is OCC(CN1CCCC1CO)NCC=Cc1ccccc1. The highest BCUT2D eigenvalue weighted by Crippen LogP contribution is 2.16. The highest BCUT2D eigenvalue weighted by molar-refractivity contribution is 5.48. The number of benzene rings is 1. The number of aliphatic hydroxyl groups excluding tert-OH is 2. The lowest BCUT2D eigenvalue weighted by molar-refractivity contribution is 0.131. The van der Waals surface area contributed by atoms with E-state index < -0.39 is 0 Å². The van der Waals surface area contributed by atoms with Gasteiger partial charge < -0.3 is 15.5 Å². The van der Waals surface area contributed by atoms with E-state index in [0.29, 0.717) is 0 Å². The molecule has 0 aromatic heterocycles. The van der Waals surface area contributed by atoms with Crippen molar-refractivity contribution in [1.82, 2.24) is 10.2 Å². The van der Waals surface area contributed by atoms with Gasteiger partial charge in [0.25, 0.3) is 0 Å². The zero-order chi connectivity index (χ0) is 14.9. The van der Waals surface area contributed by atoms with Crippen LogP contribution in [0.25, 0.3) is 6.08 Å². The van der Waals surface area contributed by atoms with Gasteiger partial charge in [0, 0.05) is 25.2 Å². The fourth-order valence-electron chi connectivity index (χ4n) is 2.81. The zero-order valence-electron chi connectivity index (χ0n) is 12.5. The Morgan fingerprint density at radius 1 is 1.29 bits per heavy atom. The molecule has 1 aromatic rings. The molecule has 0 spiro atoms. The molecule has 4 nitrogen and oxygen atoms in total. The normalized spacial score (nSPS) is 21.1. The summed E-state index contributed by atoms with van der Waals surface area (Å²) >= 11 is 0. The maximum atomic E-state index is 9.49. The van der Waals surface area contributed by atoms with E-state index in [9.17, 15) is 10.2 Å². The van der Waals surface area contributed by atoms with Crippen LogP contribution in [0.4, 0.5) is 0 Å². The fraction of sp³-hybridized carbons (Fsp3) is 0.529. The Kier molecular flexibility index (Phi) is 6.89. The number of hydrogen-bond donors (Lipinski definition) is 3. The molecule has 1 aliphatic heterocycles. The van der Waals surface area contributed by atoms with E-state index >= 15 is 0 Å². The summed E-state index contributed by atoms with van der Waals surface area (Å²) in [5.41, 5.74) is 1.18. The summed E-state index contributed by atoms with van der Waals surface area (Å²) in [5, 5.41) is 22.2. The van der Waals surface area contributed by atoms with Gasteiger partial charge in [-0.25, -0.2) is 0 Å². The number of nitrogens with zero attached hydrogens (tertiary/aromatic N) is 1. The average molecular weight is 290 g/mol. The first kappa shape index (κ1) is 16.2. The van der Waals surface area contributed by atoms with E-state index in [-0.39, 0.29) is 25.3 Å². The molecule has 2 atom stereocenters. The molecule has 0 saturated carbocycles. The summed E-state index contributed by atoms with van der Waals surface area (Å²) in [6, 6.07) is 10.5. The third kappa shape index (κ3) is 5.25. The molecule has 1 heterocycles. The number of aliphatic hydroxyl groups is 2. The summed E-state index contributed by atoms with van der Waals surface area (Å²) in [5.74, 6) is 0. The van der Waals surface area contributed by atoms with Crippen LogP contribution in [0.3, 0.4) is 0 Å². The molecule has 0 bridgehead atoms. The molecule has 1 fully saturated rings. The third-order valence-corrected chi connectivity index (χ3v) is 4.02. The summed E-state index contributed by atoms with van der Waals surface area (Å²) in [6.45, 7) is 2.88. The molecule has 1 saturated heterocycles. The van der Waals surface area contributed by atoms with Crippen LogP contribution in [0.1, 0.15) is 18.4 Å². The molecule has 2 rings (SSSR count). The lowest BCUT2D eigenvalue weighted by Gasteiger charge is -2.27. The largest absolute Gasteiger partial charge is 0.395 e. The Balaban J connectivity index is 1.73. The monoisotopic (exact) mass is 290 g/mol. The zero-order valence-corrected chi connectivity index (χ0v) is 12.5. The molecule has 0 amide bonds. The van der Waals surface area contributed by atoms with Crippen LogP contribution in [0.15, 0.2) is 36.4 Å². The number of hydrogen-bond acceptors (Lipinski definition) is 4. The predicted octanol–water partition coefficient (Wildman–Crippen LogP) is 1.11. The van der Waals surface area contributed by atoms with E-state index in [1.807, 2.05) is 18.2 Å². The van der Waals surface area contributed by atoms with Crippen LogP contribution < -0.4 is 5.32 Å². The van der Waals surface area contributed by atoms with Crippen molar-refractivity contribution in [1.29, 1.82) is 0 Å². The first-order valence-corrected chi connectivity index (χ1v) is 7.74. The maximum absolute atomic E-state index is 9.49. The lowest BCUT2D eigenvalue weighted by Crippen LogP contribution is -2.46. The van der Waals surface area contributed by atoms with Crippen LogP contribution in [0.5, 0.6) is 0 Å². The molecule has 4 heteroatoms. The Morgan fingerprint density at radius 3 is 2.81 bits per heavy atom. The summed E-state index contributed by atoms with van der Waals surface area (Å²) in [6.07, 6.45) is 6.35. The summed E-state index contributed by atoms with van der Waals surface area (Å²) in [7, 11) is 0. The van der Waals surface area contributed by atoms with Crippen molar-refractivity contribution >= 4 is 6.08 Å². The fourth-order valence-corrected chi connectivity index (χ4v) is 2.81. The Labute approximate surface area is 127 Å². The van der Waals surface area contributed by atoms with Crippen molar-refractivity contribution in [3.63, 3.8) is 0 Å². The summed E-state index contributed by atoms with van der Waals surface area (Å²) < 4.78 is 0. The molecule has 2 unspecified atom stereocenters. The molecule has 3 N–H and O–H groups in total. The number of likely N-dealkylation sites (tertiary alicyclic amines) is 1. The van der Waals surface area contributed by atoms with Crippen LogP contribution >= 0.6 is 0 Å². The van der Waals surface area contributed by atoms with E-state index in [2.05, 4.69) is 34.5 Å². The molecule has 116 valence electrons. The molecular weight excluding hydrogens is 264 g/mol. The first-order valence-electron chi connectivity index (χ1n) is 7.74. The van der Waals surface area contributed by atoms with Crippen molar-refractivity contribution in [3.8, 4) is 0 Å². The van der Waals surface area contributed by atoms with Crippen molar-refractivity contribution in [2.45, 2.75) is 24.9 Å². The second-order valence-corrected chi connectivity index (χ2v) is 5.57. The van der Waals surface area contributed by atoms with Crippen molar-refractivity contribution in [2.75, 3.05) is 32.8 Å². The van der Waals surface area contributed by atoms with E-state index in [4.69, 9.17) is 0 Å². The van der Waals surface area contributed by atoms with Crippen molar-refractivity contribution in [2.24, 2.45) is 0 Å². The molecule has 1 aliphatic rings. The first-order chi connectivity index (χ1) is 10.3. The smallest absolute Gasteiger partial charge is 0.0597 e. The van der Waals surface area contributed by atoms with E-state index in [0.717, 1.165) is 32.5 Å². The van der Waals surface area contributed by atoms with E-state index in [1.54, 1.807) is 0 Å². The Morgan fingerprint density at radius 2 is 2.10 bits per heavy atom. The van der Waals surface area contributed by atoms with Crippen molar-refractivity contribution in [3.05, 3.63) is 42.0 Å². The topological polar surface area (TPSA) is 55.7 Å². The van der Waals surface area contributed by atoms with Crippen molar-refractivity contribution < 1.29 is 10.2 Å². The van der Waals surface area contributed by atoms with Gasteiger partial charge in [-0.15, -0.1) is 0 Å². The molecule has 1 aromatic carbocycles. The molecular formula is C17H26N2O2. The molecule has 0 radical (unpaired) electrons. The maximum Gasteiger partial charge on any atom is 0.0597 e. The van der Waals surface area contributed by atoms with Gasteiger partial charge in [0.05, 0.1) is 13.2 Å². The van der Waals surface area contributed by atoms with Gasteiger partial charge in [-0.3, -0.25) is 4.90 Å². The van der Waals surface area contributed by atoms with Crippen LogP contribution in [-0.4, -0.2) is 60.0 Å². The Hall–Kier alpha value is -1.20. The molecule has 0 aliphatic carbocycles. The van der Waals surface area contributed by atoms with E-state index in [1.165, 1.54) is 5.56 Å². The Bertz CT molecular complexity index is 422. The minimum absolute atomic E-state index is 0.0533. The highest BCUT2D eigenvalue weighted by Gasteiger charge is 2.25. The van der Waals surface area contributed by atoms with Crippen LogP contribution in [0.2, 0.25) is 0 Å². The highest BCUT2D eigenvalue weighted by atomic mass is 16.3. The van der Waals surface area contributed by atoms with Gasteiger partial charge in [0.15, 0.2) is 0 Å². The average Bonchev–Trinajstić information content (AvgIpc) is 2.98. The predicted molar refractivity (Wildman–Crippen MR) is 86.0 cm³/mol. The second-order valence-electron chi connectivity index (χ2n) is 5.57. The lowest BCUT2D eigenvalue weighted by atomic mass is 10.2. The molecule has 21 heavy (non-hydrogen) atoms. The van der Waals surface area contributed by atoms with Gasteiger partial charge >= 0.3 is 0 Å². The third-order valence-electron chi connectivity index (χ3n) is 4.02. The second kappa shape index (κ2) is 8.95. The van der Waals surface area contributed by atoms with Crippen LogP contribution in [0, 0.1) is 0 Å². The summed E-state index contributed by atoms with van der Waals surface area (Å²) in [4.78, 5) is 2.27. The van der Waals surface area contributed by atoms with Gasteiger partial charge in [-0.2, -0.15) is 0 Å².